The summed E-state index contributed by atoms with van der Waals surface area (Å²) in [6.07, 6.45) is 0. The number of hydrogen-bond donors (Lipinski definition) is 0. The van der Waals surface area contributed by atoms with Crippen molar-refractivity contribution in [3.63, 3.8) is 0 Å². The molecule has 0 unspecified atom stereocenters. The molecule has 0 spiro atoms. The zero-order chi connectivity index (χ0) is 9.68. The fourth-order valence-electron chi connectivity index (χ4n) is 1.16. The molecule has 13 heavy (non-hydrogen) atoms. The van der Waals surface area contributed by atoms with Gasteiger partial charge in [-0.2, -0.15) is 5.26 Å². The van der Waals surface area contributed by atoms with Crippen LogP contribution in [0.25, 0.3) is 0 Å². The molecule has 2 heteroatoms. The van der Waals surface area contributed by atoms with E-state index in [2.05, 4.69) is 38.1 Å². The van der Waals surface area contributed by atoms with E-state index in [0.29, 0.717) is 5.75 Å². The van der Waals surface area contributed by atoms with Gasteiger partial charge in [0.25, 0.3) is 0 Å². The minimum atomic E-state index is 0.577. The highest BCUT2D eigenvalue weighted by Crippen LogP contribution is 2.17. The SMILES string of the molecule is Cc1ccc(C)c(CSCC#N)c1. The van der Waals surface area contributed by atoms with Gasteiger partial charge in [0.2, 0.25) is 0 Å². The number of aryl methyl sites for hydroxylation is 2. The van der Waals surface area contributed by atoms with Crippen molar-refractivity contribution in [3.8, 4) is 6.07 Å². The molecule has 0 aliphatic rings. The van der Waals surface area contributed by atoms with Crippen LogP contribution in [-0.2, 0) is 5.75 Å². The molecule has 0 heterocycles. The first-order valence-corrected chi connectivity index (χ1v) is 5.40. The summed E-state index contributed by atoms with van der Waals surface area (Å²) in [5, 5.41) is 8.40. The summed E-state index contributed by atoms with van der Waals surface area (Å²) in [5.74, 6) is 1.52. The topological polar surface area (TPSA) is 23.8 Å². The molecule has 1 rings (SSSR count). The summed E-state index contributed by atoms with van der Waals surface area (Å²) >= 11 is 1.67. The van der Waals surface area contributed by atoms with Crippen molar-refractivity contribution in [2.24, 2.45) is 0 Å². The van der Waals surface area contributed by atoms with Crippen molar-refractivity contribution in [1.29, 1.82) is 5.26 Å². The summed E-state index contributed by atoms with van der Waals surface area (Å²) in [4.78, 5) is 0. The minimum Gasteiger partial charge on any atom is -0.197 e. The lowest BCUT2D eigenvalue weighted by Gasteiger charge is -2.04. The van der Waals surface area contributed by atoms with Crippen molar-refractivity contribution in [1.82, 2.24) is 0 Å². The first kappa shape index (κ1) is 10.1. The number of thioether (sulfide) groups is 1. The van der Waals surface area contributed by atoms with Crippen LogP contribution in [0.5, 0.6) is 0 Å². The van der Waals surface area contributed by atoms with Gasteiger partial charge >= 0.3 is 0 Å². The van der Waals surface area contributed by atoms with Crippen molar-refractivity contribution in [2.45, 2.75) is 19.6 Å². The Bertz CT molecular complexity index is 325. The second kappa shape index (κ2) is 4.94. The lowest BCUT2D eigenvalue weighted by Crippen LogP contribution is -1.88. The van der Waals surface area contributed by atoms with Crippen LogP contribution in [0.1, 0.15) is 16.7 Å². The fraction of sp³-hybridized carbons (Fsp3) is 0.364. The van der Waals surface area contributed by atoms with E-state index in [0.717, 1.165) is 5.75 Å². The van der Waals surface area contributed by atoms with E-state index in [1.807, 2.05) is 0 Å². The second-order valence-electron chi connectivity index (χ2n) is 3.08. The normalized spacial score (nSPS) is 9.62. The van der Waals surface area contributed by atoms with Gasteiger partial charge in [0, 0.05) is 5.75 Å². The second-order valence-corrected chi connectivity index (χ2v) is 4.07. The van der Waals surface area contributed by atoms with E-state index in [1.54, 1.807) is 11.8 Å². The molecule has 0 N–H and O–H groups in total. The highest BCUT2D eigenvalue weighted by atomic mass is 32.2. The van der Waals surface area contributed by atoms with Crippen LogP contribution in [0.2, 0.25) is 0 Å². The lowest BCUT2D eigenvalue weighted by molar-refractivity contribution is 1.27. The maximum absolute atomic E-state index is 8.40. The quantitative estimate of drug-likeness (QED) is 0.686. The Kier molecular flexibility index (Phi) is 3.85. The molecule has 0 saturated heterocycles. The fourth-order valence-corrected chi connectivity index (χ4v) is 1.89. The summed E-state index contributed by atoms with van der Waals surface area (Å²) < 4.78 is 0. The highest BCUT2D eigenvalue weighted by molar-refractivity contribution is 7.98. The van der Waals surface area contributed by atoms with Crippen LogP contribution in [0.4, 0.5) is 0 Å². The van der Waals surface area contributed by atoms with Gasteiger partial charge in [0.1, 0.15) is 0 Å². The van der Waals surface area contributed by atoms with Crippen LogP contribution in [-0.4, -0.2) is 5.75 Å². The lowest BCUT2D eigenvalue weighted by atomic mass is 10.1. The van der Waals surface area contributed by atoms with E-state index in [1.165, 1.54) is 16.7 Å². The van der Waals surface area contributed by atoms with Crippen molar-refractivity contribution in [2.75, 3.05) is 5.75 Å². The Morgan fingerprint density at radius 1 is 1.38 bits per heavy atom. The van der Waals surface area contributed by atoms with Crippen molar-refractivity contribution < 1.29 is 0 Å². The number of hydrogen-bond acceptors (Lipinski definition) is 2. The summed E-state index contributed by atoms with van der Waals surface area (Å²) in [6, 6.07) is 8.58. The van der Waals surface area contributed by atoms with E-state index >= 15 is 0 Å². The predicted octanol–water partition coefficient (Wildman–Crippen LogP) is 3.06. The van der Waals surface area contributed by atoms with E-state index in [-0.39, 0.29) is 0 Å². The van der Waals surface area contributed by atoms with Crippen LogP contribution in [0.15, 0.2) is 18.2 Å². The van der Waals surface area contributed by atoms with Gasteiger partial charge in [-0.3, -0.25) is 0 Å². The summed E-state index contributed by atoms with van der Waals surface area (Å²) in [6.45, 7) is 4.21. The smallest absolute Gasteiger partial charge is 0.0811 e. The maximum atomic E-state index is 8.40. The predicted molar refractivity (Wildman–Crippen MR) is 57.7 cm³/mol. The first-order valence-electron chi connectivity index (χ1n) is 4.25. The third-order valence-electron chi connectivity index (χ3n) is 1.93. The van der Waals surface area contributed by atoms with Gasteiger partial charge < -0.3 is 0 Å². The summed E-state index contributed by atoms with van der Waals surface area (Å²) in [5.41, 5.74) is 3.95. The van der Waals surface area contributed by atoms with Crippen LogP contribution < -0.4 is 0 Å². The van der Waals surface area contributed by atoms with Gasteiger partial charge in [0.05, 0.1) is 11.8 Å². The van der Waals surface area contributed by atoms with E-state index < -0.39 is 0 Å². The molecular weight excluding hydrogens is 178 g/mol. The molecular formula is C11H13NS. The summed E-state index contributed by atoms with van der Waals surface area (Å²) in [7, 11) is 0. The molecule has 0 radical (unpaired) electrons. The van der Waals surface area contributed by atoms with Crippen LogP contribution >= 0.6 is 11.8 Å². The molecule has 0 aliphatic carbocycles. The minimum absolute atomic E-state index is 0.577. The Morgan fingerprint density at radius 3 is 2.85 bits per heavy atom. The first-order chi connectivity index (χ1) is 6.24. The average Bonchev–Trinajstić information content (AvgIpc) is 2.11. The van der Waals surface area contributed by atoms with Gasteiger partial charge in [0.15, 0.2) is 0 Å². The molecule has 1 nitrogen and oxygen atoms in total. The highest BCUT2D eigenvalue weighted by Gasteiger charge is 1.98. The monoisotopic (exact) mass is 191 g/mol. The molecule has 0 saturated carbocycles. The van der Waals surface area contributed by atoms with Crippen molar-refractivity contribution in [3.05, 3.63) is 34.9 Å². The molecule has 0 fully saturated rings. The molecule has 1 aromatic rings. The zero-order valence-corrected chi connectivity index (χ0v) is 8.82. The molecule has 0 bridgehead atoms. The van der Waals surface area contributed by atoms with Gasteiger partial charge in [-0.05, 0) is 25.0 Å². The number of benzene rings is 1. The van der Waals surface area contributed by atoms with E-state index in [9.17, 15) is 0 Å². The van der Waals surface area contributed by atoms with Gasteiger partial charge in [-0.25, -0.2) is 0 Å². The third kappa shape index (κ3) is 3.12. The Labute approximate surface area is 83.8 Å². The zero-order valence-electron chi connectivity index (χ0n) is 8.00. The molecule has 0 aromatic heterocycles. The largest absolute Gasteiger partial charge is 0.197 e. The Hall–Kier alpha value is -0.940. The third-order valence-corrected chi connectivity index (χ3v) is 2.78. The Balaban J connectivity index is 2.65. The molecule has 1 aromatic carbocycles. The van der Waals surface area contributed by atoms with Gasteiger partial charge in [-0.1, -0.05) is 23.8 Å². The van der Waals surface area contributed by atoms with Gasteiger partial charge in [-0.15, -0.1) is 11.8 Å². The van der Waals surface area contributed by atoms with Crippen molar-refractivity contribution >= 4 is 11.8 Å². The average molecular weight is 191 g/mol. The number of rotatable bonds is 3. The maximum Gasteiger partial charge on any atom is 0.0811 e. The van der Waals surface area contributed by atoms with Crippen LogP contribution in [0, 0.1) is 25.2 Å². The molecule has 0 atom stereocenters. The number of nitrogens with zero attached hydrogens (tertiary/aromatic N) is 1. The number of nitriles is 1. The Morgan fingerprint density at radius 2 is 2.15 bits per heavy atom. The molecule has 68 valence electrons. The van der Waals surface area contributed by atoms with E-state index in [4.69, 9.17) is 5.26 Å². The standard InChI is InChI=1S/C11H13NS/c1-9-3-4-10(2)11(7-9)8-13-6-5-12/h3-4,7H,6,8H2,1-2H3. The van der Waals surface area contributed by atoms with Crippen LogP contribution in [0.3, 0.4) is 0 Å². The molecule has 0 aliphatic heterocycles. The molecule has 0 amide bonds.